The highest BCUT2D eigenvalue weighted by Crippen LogP contribution is 2.39. The van der Waals surface area contributed by atoms with E-state index in [-0.39, 0.29) is 5.60 Å². The number of rotatable bonds is 5. The van der Waals surface area contributed by atoms with Crippen molar-refractivity contribution in [2.75, 3.05) is 13.7 Å². The molecule has 1 unspecified atom stereocenters. The number of hydrogen-bond donors (Lipinski definition) is 1. The summed E-state index contributed by atoms with van der Waals surface area (Å²) in [6.45, 7) is 3.25. The molecule has 110 valence electrons. The van der Waals surface area contributed by atoms with E-state index in [1.54, 1.807) is 5.57 Å². The second-order valence-electron chi connectivity index (χ2n) is 6.20. The minimum atomic E-state index is 0.0705. The van der Waals surface area contributed by atoms with E-state index in [1.165, 1.54) is 64.2 Å². The fourth-order valence-corrected chi connectivity index (χ4v) is 3.92. The first-order valence-electron chi connectivity index (χ1n) is 8.30. The summed E-state index contributed by atoms with van der Waals surface area (Å²) in [7, 11) is 1.92. The number of methoxy groups -OCH3 is 1. The smallest absolute Gasteiger partial charge is 0.0869 e. The molecular formula is C17H31NO. The van der Waals surface area contributed by atoms with Crippen LogP contribution in [0.3, 0.4) is 0 Å². The Morgan fingerprint density at radius 2 is 1.89 bits per heavy atom. The summed E-state index contributed by atoms with van der Waals surface area (Å²) in [5.41, 5.74) is 1.70. The third kappa shape index (κ3) is 3.61. The van der Waals surface area contributed by atoms with E-state index in [2.05, 4.69) is 18.3 Å². The number of allylic oxidation sites excluding steroid dienone is 1. The Bertz CT molecular complexity index is 292. The third-order valence-electron chi connectivity index (χ3n) is 4.99. The van der Waals surface area contributed by atoms with E-state index in [0.29, 0.717) is 6.04 Å². The molecule has 0 radical (unpaired) electrons. The van der Waals surface area contributed by atoms with Gasteiger partial charge >= 0.3 is 0 Å². The van der Waals surface area contributed by atoms with Gasteiger partial charge in [-0.3, -0.25) is 0 Å². The SMILES string of the molecule is CCNC(C1=CCCCCCC1)C1(OC)CCCC1. The summed E-state index contributed by atoms with van der Waals surface area (Å²) in [5.74, 6) is 0. The zero-order valence-corrected chi connectivity index (χ0v) is 12.8. The van der Waals surface area contributed by atoms with Crippen LogP contribution in [-0.2, 0) is 4.74 Å². The van der Waals surface area contributed by atoms with Crippen molar-refractivity contribution in [1.82, 2.24) is 5.32 Å². The van der Waals surface area contributed by atoms with Crippen LogP contribution >= 0.6 is 0 Å². The predicted molar refractivity (Wildman–Crippen MR) is 81.5 cm³/mol. The van der Waals surface area contributed by atoms with Gasteiger partial charge in [0, 0.05) is 7.11 Å². The molecule has 2 aliphatic carbocycles. The second-order valence-corrected chi connectivity index (χ2v) is 6.20. The molecule has 0 heterocycles. The summed E-state index contributed by atoms with van der Waals surface area (Å²) in [4.78, 5) is 0. The number of nitrogens with one attached hydrogen (secondary N) is 1. The largest absolute Gasteiger partial charge is 0.376 e. The molecule has 1 atom stereocenters. The van der Waals surface area contributed by atoms with Crippen molar-refractivity contribution in [2.45, 2.75) is 82.8 Å². The lowest BCUT2D eigenvalue weighted by atomic mass is 9.82. The molecule has 1 fully saturated rings. The maximum absolute atomic E-state index is 6.04. The highest BCUT2D eigenvalue weighted by atomic mass is 16.5. The number of likely N-dealkylation sites (N-methyl/N-ethyl adjacent to an activating group) is 1. The summed E-state index contributed by atoms with van der Waals surface area (Å²) >= 11 is 0. The van der Waals surface area contributed by atoms with Crippen molar-refractivity contribution in [3.05, 3.63) is 11.6 Å². The Morgan fingerprint density at radius 3 is 2.58 bits per heavy atom. The molecule has 0 bridgehead atoms. The monoisotopic (exact) mass is 265 g/mol. The maximum atomic E-state index is 6.04. The summed E-state index contributed by atoms with van der Waals surface area (Å²) in [5, 5.41) is 3.74. The van der Waals surface area contributed by atoms with E-state index in [4.69, 9.17) is 4.74 Å². The molecular weight excluding hydrogens is 234 g/mol. The van der Waals surface area contributed by atoms with Crippen LogP contribution < -0.4 is 5.32 Å². The fourth-order valence-electron chi connectivity index (χ4n) is 3.92. The van der Waals surface area contributed by atoms with E-state index in [0.717, 1.165) is 6.54 Å². The van der Waals surface area contributed by atoms with Crippen LogP contribution in [0.2, 0.25) is 0 Å². The summed E-state index contributed by atoms with van der Waals surface area (Å²) in [6.07, 6.45) is 15.7. The van der Waals surface area contributed by atoms with Crippen LogP contribution in [0.4, 0.5) is 0 Å². The zero-order valence-electron chi connectivity index (χ0n) is 12.8. The lowest BCUT2D eigenvalue weighted by Crippen LogP contribution is -2.51. The molecule has 0 saturated heterocycles. The van der Waals surface area contributed by atoms with Gasteiger partial charge in [-0.05, 0) is 45.1 Å². The van der Waals surface area contributed by atoms with E-state index in [9.17, 15) is 0 Å². The Balaban J connectivity index is 2.17. The van der Waals surface area contributed by atoms with Crippen LogP contribution in [-0.4, -0.2) is 25.3 Å². The maximum Gasteiger partial charge on any atom is 0.0869 e. The van der Waals surface area contributed by atoms with Crippen molar-refractivity contribution in [3.8, 4) is 0 Å². The van der Waals surface area contributed by atoms with Crippen molar-refractivity contribution < 1.29 is 4.74 Å². The highest BCUT2D eigenvalue weighted by molar-refractivity contribution is 5.19. The molecule has 0 aromatic carbocycles. The number of hydrogen-bond acceptors (Lipinski definition) is 2. The van der Waals surface area contributed by atoms with Crippen LogP contribution in [0, 0.1) is 0 Å². The topological polar surface area (TPSA) is 21.3 Å². The van der Waals surface area contributed by atoms with Crippen molar-refractivity contribution in [1.29, 1.82) is 0 Å². The molecule has 2 rings (SSSR count). The van der Waals surface area contributed by atoms with Crippen LogP contribution in [0.1, 0.15) is 71.1 Å². The first-order valence-corrected chi connectivity index (χ1v) is 8.30. The molecule has 0 aromatic heterocycles. The van der Waals surface area contributed by atoms with Gasteiger partial charge in [0.15, 0.2) is 0 Å². The Kier molecular flexibility index (Phi) is 5.90. The molecule has 2 heteroatoms. The lowest BCUT2D eigenvalue weighted by Gasteiger charge is -2.39. The second kappa shape index (κ2) is 7.44. The van der Waals surface area contributed by atoms with Gasteiger partial charge in [0.1, 0.15) is 0 Å². The summed E-state index contributed by atoms with van der Waals surface area (Å²) < 4.78 is 6.04. The number of ether oxygens (including phenoxy) is 1. The molecule has 1 N–H and O–H groups in total. The van der Waals surface area contributed by atoms with Gasteiger partial charge in [0.05, 0.1) is 11.6 Å². The normalized spacial score (nSPS) is 25.5. The van der Waals surface area contributed by atoms with Gasteiger partial charge in [0.25, 0.3) is 0 Å². The lowest BCUT2D eigenvalue weighted by molar-refractivity contribution is -0.0265. The quantitative estimate of drug-likeness (QED) is 0.752. The van der Waals surface area contributed by atoms with E-state index < -0.39 is 0 Å². The molecule has 2 aliphatic rings. The van der Waals surface area contributed by atoms with Gasteiger partial charge in [-0.25, -0.2) is 0 Å². The molecule has 19 heavy (non-hydrogen) atoms. The van der Waals surface area contributed by atoms with Crippen molar-refractivity contribution in [2.24, 2.45) is 0 Å². The molecule has 0 aromatic rings. The Morgan fingerprint density at radius 1 is 1.16 bits per heavy atom. The van der Waals surface area contributed by atoms with Gasteiger partial charge in [-0.15, -0.1) is 0 Å². The van der Waals surface area contributed by atoms with Crippen LogP contribution in [0.25, 0.3) is 0 Å². The minimum Gasteiger partial charge on any atom is -0.376 e. The van der Waals surface area contributed by atoms with Crippen molar-refractivity contribution in [3.63, 3.8) is 0 Å². The average molecular weight is 265 g/mol. The molecule has 2 nitrogen and oxygen atoms in total. The first kappa shape index (κ1) is 15.1. The van der Waals surface area contributed by atoms with Crippen LogP contribution in [0.5, 0.6) is 0 Å². The van der Waals surface area contributed by atoms with Gasteiger partial charge < -0.3 is 10.1 Å². The van der Waals surface area contributed by atoms with Gasteiger partial charge in [-0.2, -0.15) is 0 Å². The molecule has 0 spiro atoms. The van der Waals surface area contributed by atoms with Crippen LogP contribution in [0.15, 0.2) is 11.6 Å². The molecule has 0 amide bonds. The van der Waals surface area contributed by atoms with Gasteiger partial charge in [0.2, 0.25) is 0 Å². The minimum absolute atomic E-state index is 0.0705. The predicted octanol–water partition coefficient (Wildman–Crippen LogP) is 4.20. The van der Waals surface area contributed by atoms with Crippen molar-refractivity contribution >= 4 is 0 Å². The average Bonchev–Trinajstić information content (AvgIpc) is 2.86. The molecule has 0 aliphatic heterocycles. The highest BCUT2D eigenvalue weighted by Gasteiger charge is 2.42. The Labute approximate surface area is 119 Å². The summed E-state index contributed by atoms with van der Waals surface area (Å²) in [6, 6.07) is 0.447. The zero-order chi connectivity index (χ0) is 13.6. The standard InChI is InChI=1S/C17H31NO/c1-3-18-16(17(19-2)13-9-10-14-17)15-11-7-5-4-6-8-12-15/h11,16,18H,3-10,12-14H2,1-2H3. The van der Waals surface area contributed by atoms with E-state index in [1.807, 2.05) is 7.11 Å². The fraction of sp³-hybridized carbons (Fsp3) is 0.882. The van der Waals surface area contributed by atoms with E-state index >= 15 is 0 Å². The Hall–Kier alpha value is -0.340. The molecule has 1 saturated carbocycles. The van der Waals surface area contributed by atoms with Gasteiger partial charge in [-0.1, -0.05) is 44.3 Å². The first-order chi connectivity index (χ1) is 9.32. The third-order valence-corrected chi connectivity index (χ3v) is 4.99.